The second-order valence-electron chi connectivity index (χ2n) is 6.05. The highest BCUT2D eigenvalue weighted by Gasteiger charge is 2.49. The van der Waals surface area contributed by atoms with Gasteiger partial charge in [-0.1, -0.05) is 23.2 Å². The molecule has 0 aromatic heterocycles. The fourth-order valence-electron chi connectivity index (χ4n) is 2.57. The van der Waals surface area contributed by atoms with Crippen LogP contribution in [0.3, 0.4) is 0 Å². The van der Waals surface area contributed by atoms with Crippen molar-refractivity contribution >= 4 is 51.6 Å². The average Bonchev–Trinajstić information content (AvgIpc) is 2.66. The Morgan fingerprint density at radius 2 is 1.29 bits per heavy atom. The first-order valence-corrected chi connectivity index (χ1v) is 9.06. The van der Waals surface area contributed by atoms with Crippen molar-refractivity contribution in [2.45, 2.75) is 24.2 Å². The largest absolute Gasteiger partial charge is 0.386 e. The molecule has 6 nitrogen and oxygen atoms in total. The Bertz CT molecular complexity index is 882. The van der Waals surface area contributed by atoms with E-state index in [1.807, 2.05) is 0 Å². The molecule has 2 rings (SSSR count). The Morgan fingerprint density at radius 1 is 0.857 bits per heavy atom. The third kappa shape index (κ3) is 4.97. The van der Waals surface area contributed by atoms with Crippen molar-refractivity contribution in [1.82, 2.24) is 0 Å². The average molecular weight is 446 g/mol. The van der Waals surface area contributed by atoms with Crippen molar-refractivity contribution in [3.8, 4) is 0 Å². The normalized spacial score (nSPS) is 15.4. The van der Waals surface area contributed by atoms with Gasteiger partial charge in [-0.2, -0.15) is 0 Å². The summed E-state index contributed by atoms with van der Waals surface area (Å²) >= 11 is 16.8. The Morgan fingerprint density at radius 3 is 1.71 bits per heavy atom. The van der Waals surface area contributed by atoms with E-state index in [0.29, 0.717) is 10.0 Å². The summed E-state index contributed by atoms with van der Waals surface area (Å²) < 4.78 is 0. The maximum atomic E-state index is 12.8. The van der Waals surface area contributed by atoms with E-state index in [1.54, 1.807) is 0 Å². The second-order valence-corrected chi connectivity index (χ2v) is 7.35. The first kappa shape index (κ1) is 22.5. The quantitative estimate of drug-likeness (QED) is 0.425. The van der Waals surface area contributed by atoms with E-state index in [1.165, 1.54) is 48.5 Å². The number of Topliss-reactive ketones (excluding diaryl/α,β-unsaturated/α-hetero) is 2. The fraction of sp³-hybridized carbons (Fsp3) is 0.211. The fourth-order valence-corrected chi connectivity index (χ4v) is 3.03. The minimum absolute atomic E-state index is 0.0190. The van der Waals surface area contributed by atoms with Crippen LogP contribution in [0.15, 0.2) is 48.5 Å². The lowest BCUT2D eigenvalue weighted by molar-refractivity contribution is -0.125. The third-order valence-electron chi connectivity index (χ3n) is 4.09. The number of rotatable bonds is 8. The number of carbonyl (C=O) groups excluding carboxylic acids is 3. The van der Waals surface area contributed by atoms with Gasteiger partial charge in [0.1, 0.15) is 12.2 Å². The number of benzene rings is 2. The number of halogens is 3. The summed E-state index contributed by atoms with van der Waals surface area (Å²) in [5, 5.41) is 31.0. The minimum Gasteiger partial charge on any atom is -0.386 e. The molecule has 2 aromatic carbocycles. The Labute approximate surface area is 175 Å². The molecule has 0 aliphatic carbocycles. The molecule has 0 saturated carbocycles. The maximum Gasteiger partial charge on any atom is 0.225 e. The van der Waals surface area contributed by atoms with E-state index >= 15 is 0 Å². The number of hydrogen-bond donors (Lipinski definition) is 3. The van der Waals surface area contributed by atoms with Crippen molar-refractivity contribution in [3.63, 3.8) is 0 Å². The molecule has 148 valence electrons. The molecule has 0 spiro atoms. The van der Waals surface area contributed by atoms with Crippen molar-refractivity contribution in [1.29, 1.82) is 0 Å². The summed E-state index contributed by atoms with van der Waals surface area (Å²) in [5.41, 5.74) is -2.96. The highest BCUT2D eigenvalue weighted by molar-refractivity contribution is 6.63. The molecule has 28 heavy (non-hydrogen) atoms. The van der Waals surface area contributed by atoms with Crippen LogP contribution in [-0.2, 0) is 4.79 Å². The number of aliphatic hydroxyl groups is 3. The summed E-state index contributed by atoms with van der Waals surface area (Å²) in [6.45, 7) is 0. The number of carbonyl (C=O) groups is 3. The highest BCUT2D eigenvalue weighted by atomic mass is 35.5. The second kappa shape index (κ2) is 9.13. The molecule has 0 bridgehead atoms. The first-order chi connectivity index (χ1) is 13.1. The van der Waals surface area contributed by atoms with Gasteiger partial charge in [-0.3, -0.25) is 14.4 Å². The van der Waals surface area contributed by atoms with Gasteiger partial charge in [-0.25, -0.2) is 0 Å². The van der Waals surface area contributed by atoms with Gasteiger partial charge >= 0.3 is 0 Å². The zero-order chi connectivity index (χ0) is 21.1. The van der Waals surface area contributed by atoms with E-state index in [9.17, 15) is 29.7 Å². The molecule has 0 saturated heterocycles. The van der Waals surface area contributed by atoms with Gasteiger partial charge in [0.15, 0.2) is 17.2 Å². The Kier molecular flexibility index (Phi) is 7.33. The first-order valence-electron chi connectivity index (χ1n) is 7.93. The topological polar surface area (TPSA) is 112 Å². The van der Waals surface area contributed by atoms with Crippen LogP contribution in [0, 0.1) is 0 Å². The predicted molar refractivity (Wildman–Crippen MR) is 104 cm³/mol. The smallest absolute Gasteiger partial charge is 0.225 e. The molecule has 0 amide bonds. The van der Waals surface area contributed by atoms with Gasteiger partial charge < -0.3 is 15.3 Å². The SMILES string of the molecule is O=C(Cl)C[C@@](O)(C(=O)c1ccc(Cl)cc1)[C@H](O)[C@@H](O)C(=O)c1ccc(Cl)cc1. The van der Waals surface area contributed by atoms with Crippen molar-refractivity contribution < 1.29 is 29.7 Å². The molecule has 0 heterocycles. The molecule has 3 atom stereocenters. The molecule has 0 aliphatic heterocycles. The summed E-state index contributed by atoms with van der Waals surface area (Å²) in [7, 11) is 0. The van der Waals surface area contributed by atoms with Crippen LogP contribution in [0.5, 0.6) is 0 Å². The molecule has 0 unspecified atom stereocenters. The molecule has 0 radical (unpaired) electrons. The van der Waals surface area contributed by atoms with E-state index in [2.05, 4.69) is 0 Å². The van der Waals surface area contributed by atoms with Gasteiger partial charge in [-0.05, 0) is 60.1 Å². The highest BCUT2D eigenvalue weighted by Crippen LogP contribution is 2.27. The van der Waals surface area contributed by atoms with Crippen molar-refractivity contribution in [3.05, 3.63) is 69.7 Å². The van der Waals surface area contributed by atoms with E-state index in [4.69, 9.17) is 34.8 Å². The van der Waals surface area contributed by atoms with Crippen LogP contribution in [0.2, 0.25) is 10.0 Å². The number of hydrogen-bond acceptors (Lipinski definition) is 6. The molecule has 2 aromatic rings. The lowest BCUT2D eigenvalue weighted by Crippen LogP contribution is -2.57. The maximum absolute atomic E-state index is 12.8. The summed E-state index contributed by atoms with van der Waals surface area (Å²) in [6.07, 6.45) is -5.57. The van der Waals surface area contributed by atoms with Crippen LogP contribution < -0.4 is 0 Å². The zero-order valence-electron chi connectivity index (χ0n) is 14.2. The van der Waals surface area contributed by atoms with E-state index in [0.717, 1.165) is 0 Å². The van der Waals surface area contributed by atoms with Gasteiger partial charge in [0, 0.05) is 21.2 Å². The third-order valence-corrected chi connectivity index (χ3v) is 4.73. The Balaban J connectivity index is 2.38. The zero-order valence-corrected chi connectivity index (χ0v) is 16.4. The summed E-state index contributed by atoms with van der Waals surface area (Å²) in [6, 6.07) is 10.6. The minimum atomic E-state index is -2.84. The molecular weight excluding hydrogens is 431 g/mol. The van der Waals surface area contributed by atoms with Gasteiger partial charge in [0.2, 0.25) is 5.24 Å². The summed E-state index contributed by atoms with van der Waals surface area (Å²) in [5.74, 6) is -2.08. The molecular formula is C19H15Cl3O6. The van der Waals surface area contributed by atoms with Crippen molar-refractivity contribution in [2.75, 3.05) is 0 Å². The van der Waals surface area contributed by atoms with E-state index in [-0.39, 0.29) is 11.1 Å². The van der Waals surface area contributed by atoms with Crippen LogP contribution in [0.4, 0.5) is 0 Å². The summed E-state index contributed by atoms with van der Waals surface area (Å²) in [4.78, 5) is 36.6. The molecule has 0 aliphatic rings. The molecule has 0 fully saturated rings. The molecule has 9 heteroatoms. The van der Waals surface area contributed by atoms with Crippen LogP contribution in [-0.4, -0.2) is 49.9 Å². The Hall–Kier alpha value is -1.80. The standard InChI is InChI=1S/C19H15Cl3O6/c20-12-5-1-10(2-6-12)15(24)16(25)18(27)19(28,9-14(22)23)17(26)11-3-7-13(21)8-4-11/h1-8,16,18,25,27-28H,9H2/t16-,18+,19+/m0/s1. The van der Waals surface area contributed by atoms with Crippen molar-refractivity contribution in [2.24, 2.45) is 0 Å². The monoisotopic (exact) mass is 444 g/mol. The number of ketones is 2. The van der Waals surface area contributed by atoms with E-state index < -0.39 is 41.0 Å². The van der Waals surface area contributed by atoms with Gasteiger partial charge in [0.05, 0.1) is 6.42 Å². The van der Waals surface area contributed by atoms with Crippen LogP contribution >= 0.6 is 34.8 Å². The predicted octanol–water partition coefficient (Wildman–Crippen LogP) is 2.67. The van der Waals surface area contributed by atoms with Gasteiger partial charge in [0.25, 0.3) is 0 Å². The van der Waals surface area contributed by atoms with Crippen LogP contribution in [0.1, 0.15) is 27.1 Å². The lowest BCUT2D eigenvalue weighted by atomic mass is 9.81. The number of aliphatic hydroxyl groups excluding tert-OH is 2. The van der Waals surface area contributed by atoms with Gasteiger partial charge in [-0.15, -0.1) is 0 Å². The lowest BCUT2D eigenvalue weighted by Gasteiger charge is -2.32. The molecule has 3 N–H and O–H groups in total. The van der Waals surface area contributed by atoms with Crippen LogP contribution in [0.25, 0.3) is 0 Å².